The fraction of sp³-hybridized carbons (Fsp3) is 0.290. The van der Waals surface area contributed by atoms with Crippen LogP contribution in [0.1, 0.15) is 65.6 Å². The molecule has 0 spiro atoms. The smallest absolute Gasteiger partial charge is 0.270 e. The van der Waals surface area contributed by atoms with Crippen LogP contribution in [-0.4, -0.2) is 34.4 Å². The second-order valence-corrected chi connectivity index (χ2v) is 10.8. The molecule has 3 aromatic carbocycles. The van der Waals surface area contributed by atoms with Gasteiger partial charge < -0.3 is 14.8 Å². The molecule has 1 N–H and O–H groups in total. The van der Waals surface area contributed by atoms with E-state index in [1.807, 2.05) is 29.2 Å². The molecule has 0 aliphatic carbocycles. The zero-order valence-corrected chi connectivity index (χ0v) is 21.6. The molecule has 1 aromatic heterocycles. The maximum atomic E-state index is 13.5. The van der Waals surface area contributed by atoms with Crippen molar-refractivity contribution in [1.82, 2.24) is 9.47 Å². The summed E-state index contributed by atoms with van der Waals surface area (Å²) in [5.74, 6) is -0.662. The van der Waals surface area contributed by atoms with E-state index < -0.39 is 0 Å². The van der Waals surface area contributed by atoms with Gasteiger partial charge in [0.2, 0.25) is 0 Å². The third kappa shape index (κ3) is 5.29. The van der Waals surface area contributed by atoms with Crippen LogP contribution in [0.3, 0.4) is 0 Å². The lowest BCUT2D eigenvalue weighted by Gasteiger charge is -2.20. The van der Waals surface area contributed by atoms with Crippen LogP contribution in [0.5, 0.6) is 0 Å². The first-order chi connectivity index (χ1) is 17.7. The SMILES string of the molecule is CC(C)(C)c1ccc(Cn2c(C(=O)N3CCCC3)cc3cc(NC(=O)c4ccc(F)cc4)ccc32)cc1. The van der Waals surface area contributed by atoms with E-state index in [1.165, 1.54) is 29.8 Å². The van der Waals surface area contributed by atoms with Gasteiger partial charge in [-0.05, 0) is 77.9 Å². The van der Waals surface area contributed by atoms with Gasteiger partial charge in [-0.2, -0.15) is 0 Å². The van der Waals surface area contributed by atoms with E-state index in [0.717, 1.165) is 42.4 Å². The summed E-state index contributed by atoms with van der Waals surface area (Å²) in [6.07, 6.45) is 2.06. The predicted octanol–water partition coefficient (Wildman–Crippen LogP) is 6.61. The van der Waals surface area contributed by atoms with Crippen LogP contribution in [0, 0.1) is 5.82 Å². The van der Waals surface area contributed by atoms with Crippen LogP contribution in [0.25, 0.3) is 10.9 Å². The normalized spacial score (nSPS) is 13.8. The Hall–Kier alpha value is -3.93. The molecule has 5 rings (SSSR count). The molecule has 1 fully saturated rings. The number of rotatable bonds is 5. The molecule has 0 unspecified atom stereocenters. The van der Waals surface area contributed by atoms with Crippen LogP contribution in [0.4, 0.5) is 10.1 Å². The van der Waals surface area contributed by atoms with Gasteiger partial charge >= 0.3 is 0 Å². The zero-order valence-electron chi connectivity index (χ0n) is 21.6. The predicted molar refractivity (Wildman–Crippen MR) is 146 cm³/mol. The van der Waals surface area contributed by atoms with Crippen molar-refractivity contribution in [2.45, 2.75) is 45.6 Å². The Labute approximate surface area is 216 Å². The van der Waals surface area contributed by atoms with Gasteiger partial charge in [-0.25, -0.2) is 4.39 Å². The largest absolute Gasteiger partial charge is 0.337 e. The number of likely N-dealkylation sites (tertiary alicyclic amines) is 1. The van der Waals surface area contributed by atoms with Crippen molar-refractivity contribution in [3.05, 3.63) is 101 Å². The Kier molecular flexibility index (Phi) is 6.59. The molecule has 0 radical (unpaired) electrons. The Morgan fingerprint density at radius 2 is 1.57 bits per heavy atom. The van der Waals surface area contributed by atoms with E-state index in [1.54, 1.807) is 0 Å². The summed E-state index contributed by atoms with van der Waals surface area (Å²) in [4.78, 5) is 28.1. The Bertz CT molecular complexity index is 1440. The lowest BCUT2D eigenvalue weighted by molar-refractivity contribution is 0.0783. The molecular weight excluding hydrogens is 465 g/mol. The number of hydrogen-bond acceptors (Lipinski definition) is 2. The molecule has 37 heavy (non-hydrogen) atoms. The highest BCUT2D eigenvalue weighted by atomic mass is 19.1. The molecule has 0 atom stereocenters. The molecule has 1 saturated heterocycles. The van der Waals surface area contributed by atoms with E-state index in [9.17, 15) is 14.0 Å². The second-order valence-electron chi connectivity index (χ2n) is 10.8. The molecule has 2 heterocycles. The molecule has 1 aliphatic heterocycles. The molecule has 2 amide bonds. The topological polar surface area (TPSA) is 54.3 Å². The number of benzene rings is 3. The van der Waals surface area contributed by atoms with Gasteiger partial charge in [-0.1, -0.05) is 45.0 Å². The monoisotopic (exact) mass is 497 g/mol. The molecule has 5 nitrogen and oxygen atoms in total. The fourth-order valence-electron chi connectivity index (χ4n) is 4.88. The fourth-order valence-corrected chi connectivity index (χ4v) is 4.88. The summed E-state index contributed by atoms with van der Waals surface area (Å²) >= 11 is 0. The first kappa shape index (κ1) is 24.8. The van der Waals surface area contributed by atoms with E-state index in [2.05, 4.69) is 54.9 Å². The molecule has 4 aromatic rings. The van der Waals surface area contributed by atoms with Crippen LogP contribution in [0.2, 0.25) is 0 Å². The van der Waals surface area contributed by atoms with Crippen LogP contribution < -0.4 is 5.32 Å². The Morgan fingerprint density at radius 3 is 2.22 bits per heavy atom. The standard InChI is InChI=1S/C31H32FN3O2/c1-31(2,3)24-10-6-21(7-11-24)20-35-27-15-14-26(33-29(36)22-8-12-25(32)13-9-22)18-23(27)19-28(35)30(37)34-16-4-5-17-34/h6-15,18-19H,4-5,16-17,20H2,1-3H3,(H,33,36). The summed E-state index contributed by atoms with van der Waals surface area (Å²) in [7, 11) is 0. The minimum Gasteiger partial charge on any atom is -0.337 e. The quantitative estimate of drug-likeness (QED) is 0.337. The number of carbonyl (C=O) groups excluding carboxylic acids is 2. The average molecular weight is 498 g/mol. The average Bonchev–Trinajstić information content (AvgIpc) is 3.52. The summed E-state index contributed by atoms with van der Waals surface area (Å²) in [6.45, 7) is 8.71. The van der Waals surface area contributed by atoms with Gasteiger partial charge in [-0.15, -0.1) is 0 Å². The van der Waals surface area contributed by atoms with Crippen LogP contribution in [-0.2, 0) is 12.0 Å². The summed E-state index contributed by atoms with van der Waals surface area (Å²) in [6, 6.07) is 21.6. The number of nitrogens with zero attached hydrogens (tertiary/aromatic N) is 2. The Balaban J connectivity index is 1.48. The van der Waals surface area contributed by atoms with Crippen molar-refractivity contribution < 1.29 is 14.0 Å². The lowest BCUT2D eigenvalue weighted by atomic mass is 9.87. The molecule has 6 heteroatoms. The number of halogens is 1. The van der Waals surface area contributed by atoms with Crippen molar-refractivity contribution in [3.63, 3.8) is 0 Å². The van der Waals surface area contributed by atoms with Gasteiger partial charge in [0.05, 0.1) is 0 Å². The molecule has 1 aliphatic rings. The van der Waals surface area contributed by atoms with E-state index >= 15 is 0 Å². The van der Waals surface area contributed by atoms with Gasteiger partial charge in [0.25, 0.3) is 11.8 Å². The van der Waals surface area contributed by atoms with Crippen molar-refractivity contribution in [3.8, 4) is 0 Å². The zero-order chi connectivity index (χ0) is 26.2. The van der Waals surface area contributed by atoms with Crippen LogP contribution >= 0.6 is 0 Å². The third-order valence-corrected chi connectivity index (χ3v) is 7.04. The van der Waals surface area contributed by atoms with Crippen LogP contribution in [0.15, 0.2) is 72.8 Å². The minimum atomic E-state index is -0.387. The molecule has 0 saturated carbocycles. The Morgan fingerprint density at radius 1 is 0.892 bits per heavy atom. The maximum Gasteiger partial charge on any atom is 0.270 e. The number of aromatic nitrogens is 1. The van der Waals surface area contributed by atoms with Gasteiger partial charge in [0, 0.05) is 41.8 Å². The molecule has 190 valence electrons. The highest BCUT2D eigenvalue weighted by Crippen LogP contribution is 2.28. The van der Waals surface area contributed by atoms with Gasteiger partial charge in [0.1, 0.15) is 11.5 Å². The number of fused-ring (bicyclic) bond motifs is 1. The number of amides is 2. The first-order valence-corrected chi connectivity index (χ1v) is 12.8. The van der Waals surface area contributed by atoms with E-state index in [-0.39, 0.29) is 23.0 Å². The highest BCUT2D eigenvalue weighted by molar-refractivity contribution is 6.06. The van der Waals surface area contributed by atoms with E-state index in [4.69, 9.17) is 0 Å². The van der Waals surface area contributed by atoms with Crippen molar-refractivity contribution >= 4 is 28.4 Å². The summed E-state index contributed by atoms with van der Waals surface area (Å²) in [5, 5.41) is 3.77. The van der Waals surface area contributed by atoms with Crippen molar-refractivity contribution in [2.75, 3.05) is 18.4 Å². The number of anilines is 1. The highest BCUT2D eigenvalue weighted by Gasteiger charge is 2.24. The van der Waals surface area contributed by atoms with E-state index in [0.29, 0.717) is 23.5 Å². The van der Waals surface area contributed by atoms with Gasteiger partial charge in [0.15, 0.2) is 0 Å². The van der Waals surface area contributed by atoms with Crippen molar-refractivity contribution in [2.24, 2.45) is 0 Å². The summed E-state index contributed by atoms with van der Waals surface area (Å²) < 4.78 is 15.3. The number of nitrogens with one attached hydrogen (secondary N) is 1. The maximum absolute atomic E-state index is 13.5. The number of hydrogen-bond donors (Lipinski definition) is 1. The second kappa shape index (κ2) is 9.85. The molecular formula is C31H32FN3O2. The lowest BCUT2D eigenvalue weighted by Crippen LogP contribution is -2.29. The summed E-state index contributed by atoms with van der Waals surface area (Å²) in [5.41, 5.74) is 5.04. The first-order valence-electron chi connectivity index (χ1n) is 12.8. The molecule has 0 bridgehead atoms. The minimum absolute atomic E-state index is 0.0388. The van der Waals surface area contributed by atoms with Gasteiger partial charge in [-0.3, -0.25) is 9.59 Å². The van der Waals surface area contributed by atoms with Crippen molar-refractivity contribution in [1.29, 1.82) is 0 Å². The number of carbonyl (C=O) groups is 2. The third-order valence-electron chi connectivity index (χ3n) is 7.04.